The van der Waals surface area contributed by atoms with Crippen LogP contribution in [-0.4, -0.2) is 39.5 Å². The summed E-state index contributed by atoms with van der Waals surface area (Å²) in [7, 11) is 1.32. The van der Waals surface area contributed by atoms with E-state index in [4.69, 9.17) is 16.3 Å². The van der Waals surface area contributed by atoms with Crippen molar-refractivity contribution in [3.8, 4) is 11.1 Å². The van der Waals surface area contributed by atoms with Crippen LogP contribution in [0.15, 0.2) is 34.8 Å². The van der Waals surface area contributed by atoms with Crippen LogP contribution in [-0.2, 0) is 16.1 Å². The molecule has 0 saturated heterocycles. The van der Waals surface area contributed by atoms with Gasteiger partial charge in [-0.25, -0.2) is 4.79 Å². The zero-order chi connectivity index (χ0) is 22.5. The van der Waals surface area contributed by atoms with Crippen LogP contribution in [0.4, 0.5) is 5.00 Å². The average Bonchev–Trinajstić information content (AvgIpc) is 3.36. The Morgan fingerprint density at radius 3 is 2.58 bits per heavy atom. The standard InChI is InChI=1S/C21H23ClN4O3S2/c1-5-26-18(12(2)3)24-25-21(26)31-11-16(27)23-19-17(20(28)29-4)15(10-30-19)13-6-8-14(22)9-7-13/h6-10,12H,5,11H2,1-4H3,(H,23,27). The number of esters is 1. The molecule has 1 aromatic carbocycles. The van der Waals surface area contributed by atoms with E-state index in [2.05, 4.69) is 29.4 Å². The van der Waals surface area contributed by atoms with Crippen molar-refractivity contribution in [3.05, 3.63) is 46.1 Å². The number of nitrogens with zero attached hydrogens (tertiary/aromatic N) is 3. The average molecular weight is 479 g/mol. The minimum atomic E-state index is -0.513. The van der Waals surface area contributed by atoms with Crippen LogP contribution >= 0.6 is 34.7 Å². The predicted molar refractivity (Wildman–Crippen MR) is 125 cm³/mol. The van der Waals surface area contributed by atoms with E-state index in [0.29, 0.717) is 26.3 Å². The summed E-state index contributed by atoms with van der Waals surface area (Å²) in [5.74, 6) is 0.531. The Kier molecular flexibility index (Phi) is 7.74. The van der Waals surface area contributed by atoms with Gasteiger partial charge in [-0.3, -0.25) is 4.79 Å². The molecular formula is C21H23ClN4O3S2. The number of benzene rings is 1. The van der Waals surface area contributed by atoms with Gasteiger partial charge in [-0.15, -0.1) is 21.5 Å². The second-order valence-corrected chi connectivity index (χ2v) is 9.19. The quantitative estimate of drug-likeness (QED) is 0.348. The number of ether oxygens (including phenoxy) is 1. The van der Waals surface area contributed by atoms with Gasteiger partial charge >= 0.3 is 5.97 Å². The number of thiophene rings is 1. The number of hydrogen-bond donors (Lipinski definition) is 1. The van der Waals surface area contributed by atoms with Crippen molar-refractivity contribution in [2.75, 3.05) is 18.2 Å². The number of carbonyl (C=O) groups excluding carboxylic acids is 2. The third kappa shape index (κ3) is 5.28. The molecule has 1 amide bonds. The highest BCUT2D eigenvalue weighted by atomic mass is 35.5. The Morgan fingerprint density at radius 2 is 1.97 bits per heavy atom. The van der Waals surface area contributed by atoms with E-state index in [0.717, 1.165) is 17.9 Å². The highest BCUT2D eigenvalue weighted by molar-refractivity contribution is 7.99. The minimum Gasteiger partial charge on any atom is -0.465 e. The van der Waals surface area contributed by atoms with E-state index in [1.165, 1.54) is 30.2 Å². The first-order valence-corrected chi connectivity index (χ1v) is 11.9. The summed E-state index contributed by atoms with van der Waals surface area (Å²) in [4.78, 5) is 25.1. The second kappa shape index (κ2) is 10.3. The molecule has 0 spiro atoms. The van der Waals surface area contributed by atoms with E-state index >= 15 is 0 Å². The second-order valence-electron chi connectivity index (χ2n) is 6.93. The highest BCUT2D eigenvalue weighted by Gasteiger charge is 2.23. The van der Waals surface area contributed by atoms with Gasteiger partial charge < -0.3 is 14.6 Å². The fourth-order valence-corrected chi connectivity index (χ4v) is 4.93. The Labute approximate surface area is 194 Å². The lowest BCUT2D eigenvalue weighted by molar-refractivity contribution is -0.113. The summed E-state index contributed by atoms with van der Waals surface area (Å²) < 4.78 is 6.96. The number of rotatable bonds is 8. The minimum absolute atomic E-state index is 0.144. The van der Waals surface area contributed by atoms with Crippen LogP contribution < -0.4 is 5.32 Å². The first kappa shape index (κ1) is 23.3. The van der Waals surface area contributed by atoms with Crippen LogP contribution in [0.2, 0.25) is 5.02 Å². The first-order valence-electron chi connectivity index (χ1n) is 9.67. The van der Waals surface area contributed by atoms with Gasteiger partial charge in [0, 0.05) is 28.4 Å². The number of hydrogen-bond acceptors (Lipinski definition) is 7. The van der Waals surface area contributed by atoms with Gasteiger partial charge in [-0.1, -0.05) is 49.3 Å². The number of thioether (sulfide) groups is 1. The fourth-order valence-electron chi connectivity index (χ4n) is 3.02. The van der Waals surface area contributed by atoms with Crippen LogP contribution in [0.25, 0.3) is 11.1 Å². The number of methoxy groups -OCH3 is 1. The highest BCUT2D eigenvalue weighted by Crippen LogP contribution is 2.36. The van der Waals surface area contributed by atoms with Crippen molar-refractivity contribution < 1.29 is 14.3 Å². The topological polar surface area (TPSA) is 86.1 Å². The molecule has 2 aromatic heterocycles. The first-order chi connectivity index (χ1) is 14.8. The Bertz CT molecular complexity index is 1080. The van der Waals surface area contributed by atoms with Crippen LogP contribution in [0.5, 0.6) is 0 Å². The van der Waals surface area contributed by atoms with Gasteiger partial charge in [0.05, 0.1) is 12.9 Å². The lowest BCUT2D eigenvalue weighted by atomic mass is 10.0. The molecule has 10 heteroatoms. The van der Waals surface area contributed by atoms with Gasteiger partial charge in [0.15, 0.2) is 5.16 Å². The third-order valence-electron chi connectivity index (χ3n) is 4.50. The van der Waals surface area contributed by atoms with E-state index in [1.807, 2.05) is 29.0 Å². The van der Waals surface area contributed by atoms with E-state index in [-0.39, 0.29) is 17.6 Å². The molecule has 1 N–H and O–H groups in total. The van der Waals surface area contributed by atoms with Crippen LogP contribution in [0.1, 0.15) is 42.9 Å². The molecule has 0 bridgehead atoms. The van der Waals surface area contributed by atoms with Crippen molar-refractivity contribution in [1.29, 1.82) is 0 Å². The summed E-state index contributed by atoms with van der Waals surface area (Å²) in [6.07, 6.45) is 0. The largest absolute Gasteiger partial charge is 0.465 e. The van der Waals surface area contributed by atoms with Crippen LogP contribution in [0.3, 0.4) is 0 Å². The van der Waals surface area contributed by atoms with E-state index in [9.17, 15) is 9.59 Å². The SMILES string of the molecule is CCn1c(SCC(=O)Nc2scc(-c3ccc(Cl)cc3)c2C(=O)OC)nnc1C(C)C. The van der Waals surface area contributed by atoms with Gasteiger partial charge in [-0.2, -0.15) is 0 Å². The molecule has 31 heavy (non-hydrogen) atoms. The molecule has 0 atom stereocenters. The summed E-state index contributed by atoms with van der Waals surface area (Å²) in [5.41, 5.74) is 1.82. The van der Waals surface area contributed by atoms with Gasteiger partial charge in [0.25, 0.3) is 0 Å². The van der Waals surface area contributed by atoms with Gasteiger partial charge in [0.1, 0.15) is 16.4 Å². The van der Waals surface area contributed by atoms with Crippen molar-refractivity contribution in [2.24, 2.45) is 0 Å². The molecule has 3 aromatic rings. The number of carbonyl (C=O) groups is 2. The van der Waals surface area contributed by atoms with Gasteiger partial charge in [0.2, 0.25) is 5.91 Å². The number of nitrogens with one attached hydrogen (secondary N) is 1. The molecule has 0 fully saturated rings. The third-order valence-corrected chi connectivity index (χ3v) is 6.61. The molecule has 7 nitrogen and oxygen atoms in total. The lowest BCUT2D eigenvalue weighted by Gasteiger charge is -2.10. The maximum Gasteiger partial charge on any atom is 0.341 e. The van der Waals surface area contributed by atoms with Crippen LogP contribution in [0, 0.1) is 0 Å². The molecule has 2 heterocycles. The van der Waals surface area contributed by atoms with E-state index in [1.54, 1.807) is 12.1 Å². The van der Waals surface area contributed by atoms with E-state index < -0.39 is 5.97 Å². The van der Waals surface area contributed by atoms with Gasteiger partial charge in [-0.05, 0) is 24.6 Å². The normalized spacial score (nSPS) is 11.0. The Morgan fingerprint density at radius 1 is 1.26 bits per heavy atom. The van der Waals surface area contributed by atoms with Crippen molar-refractivity contribution in [1.82, 2.24) is 14.8 Å². The molecule has 164 valence electrons. The Balaban J connectivity index is 1.77. The summed E-state index contributed by atoms with van der Waals surface area (Å²) >= 11 is 8.56. The lowest BCUT2D eigenvalue weighted by Crippen LogP contribution is -2.16. The molecular weight excluding hydrogens is 456 g/mol. The summed E-state index contributed by atoms with van der Waals surface area (Å²) in [6.45, 7) is 6.86. The fraction of sp³-hybridized carbons (Fsp3) is 0.333. The molecule has 0 aliphatic heterocycles. The van der Waals surface area contributed by atoms with Crippen molar-refractivity contribution >= 4 is 51.6 Å². The maximum atomic E-state index is 12.6. The molecule has 0 radical (unpaired) electrons. The summed E-state index contributed by atoms with van der Waals surface area (Å²) in [5, 5.41) is 14.8. The van der Waals surface area contributed by atoms with Crippen molar-refractivity contribution in [3.63, 3.8) is 0 Å². The van der Waals surface area contributed by atoms with Crippen molar-refractivity contribution in [2.45, 2.75) is 38.4 Å². The molecule has 3 rings (SSSR count). The molecule has 0 unspecified atom stereocenters. The zero-order valence-electron chi connectivity index (χ0n) is 17.6. The monoisotopic (exact) mass is 478 g/mol. The maximum absolute atomic E-state index is 12.6. The number of halogens is 1. The molecule has 0 aliphatic rings. The Hall–Kier alpha value is -2.36. The molecule has 0 aliphatic carbocycles. The zero-order valence-corrected chi connectivity index (χ0v) is 20.0. The molecule has 0 saturated carbocycles. The predicted octanol–water partition coefficient (Wildman–Crippen LogP) is 5.32. The number of anilines is 1. The number of amides is 1. The number of aromatic nitrogens is 3. The smallest absolute Gasteiger partial charge is 0.341 e. The summed E-state index contributed by atoms with van der Waals surface area (Å²) in [6, 6.07) is 7.14.